The minimum absolute atomic E-state index is 0.0414. The lowest BCUT2D eigenvalue weighted by molar-refractivity contribution is -0.132. The molecule has 4 heteroatoms. The number of hydrogen-bond acceptors (Lipinski definition) is 3. The SMILES string of the molecule is CCc1ccc(C(=O)CCC(=O)N2CCC(N)CC2)cc1. The van der Waals surface area contributed by atoms with E-state index < -0.39 is 0 Å². The van der Waals surface area contributed by atoms with Gasteiger partial charge in [-0.15, -0.1) is 0 Å². The number of carbonyl (C=O) groups is 2. The van der Waals surface area contributed by atoms with E-state index in [1.807, 2.05) is 29.2 Å². The van der Waals surface area contributed by atoms with E-state index in [0.29, 0.717) is 12.0 Å². The van der Waals surface area contributed by atoms with Crippen LogP contribution in [0.3, 0.4) is 0 Å². The van der Waals surface area contributed by atoms with Gasteiger partial charge in [0.05, 0.1) is 0 Å². The largest absolute Gasteiger partial charge is 0.343 e. The van der Waals surface area contributed by atoms with Gasteiger partial charge in [-0.25, -0.2) is 0 Å². The Balaban J connectivity index is 1.81. The second kappa shape index (κ2) is 7.36. The van der Waals surface area contributed by atoms with Crippen LogP contribution in [0.2, 0.25) is 0 Å². The molecule has 0 aromatic heterocycles. The van der Waals surface area contributed by atoms with E-state index in [1.165, 1.54) is 5.56 Å². The third-order valence-electron chi connectivity index (χ3n) is 4.14. The van der Waals surface area contributed by atoms with Gasteiger partial charge in [0.15, 0.2) is 5.78 Å². The molecule has 0 spiro atoms. The monoisotopic (exact) mass is 288 g/mol. The molecule has 0 saturated carbocycles. The average molecular weight is 288 g/mol. The molecule has 1 saturated heterocycles. The number of hydrogen-bond donors (Lipinski definition) is 1. The first-order valence-electron chi connectivity index (χ1n) is 7.75. The Morgan fingerprint density at radius 2 is 1.76 bits per heavy atom. The molecule has 2 N–H and O–H groups in total. The van der Waals surface area contributed by atoms with Crippen LogP contribution >= 0.6 is 0 Å². The summed E-state index contributed by atoms with van der Waals surface area (Å²) in [5.41, 5.74) is 7.74. The van der Waals surface area contributed by atoms with Gasteiger partial charge >= 0.3 is 0 Å². The number of likely N-dealkylation sites (tertiary alicyclic amines) is 1. The lowest BCUT2D eigenvalue weighted by atomic mass is 10.0. The number of aryl methyl sites for hydroxylation is 1. The molecule has 2 rings (SSSR count). The van der Waals surface area contributed by atoms with Gasteiger partial charge in [0.1, 0.15) is 0 Å². The molecule has 1 aliphatic heterocycles. The number of Topliss-reactive ketones (excluding diaryl/α,β-unsaturated/α-hetero) is 1. The first-order valence-corrected chi connectivity index (χ1v) is 7.75. The van der Waals surface area contributed by atoms with Crippen LogP contribution in [-0.4, -0.2) is 35.7 Å². The van der Waals surface area contributed by atoms with Crippen molar-refractivity contribution in [1.29, 1.82) is 0 Å². The minimum atomic E-state index is 0.0414. The van der Waals surface area contributed by atoms with Crippen molar-refractivity contribution in [2.45, 2.75) is 45.1 Å². The van der Waals surface area contributed by atoms with Crippen molar-refractivity contribution < 1.29 is 9.59 Å². The van der Waals surface area contributed by atoms with Gasteiger partial charge in [0, 0.05) is 37.5 Å². The second-order valence-corrected chi connectivity index (χ2v) is 5.69. The van der Waals surface area contributed by atoms with Crippen LogP contribution in [0.5, 0.6) is 0 Å². The number of nitrogens with two attached hydrogens (primary N) is 1. The molecule has 1 amide bonds. The summed E-state index contributed by atoms with van der Waals surface area (Å²) < 4.78 is 0. The van der Waals surface area contributed by atoms with Crippen molar-refractivity contribution in [3.8, 4) is 0 Å². The fourth-order valence-electron chi connectivity index (χ4n) is 2.60. The second-order valence-electron chi connectivity index (χ2n) is 5.69. The maximum Gasteiger partial charge on any atom is 0.223 e. The highest BCUT2D eigenvalue weighted by Gasteiger charge is 2.21. The molecule has 0 bridgehead atoms. The van der Waals surface area contributed by atoms with Crippen LogP contribution < -0.4 is 5.73 Å². The van der Waals surface area contributed by atoms with Crippen molar-refractivity contribution in [1.82, 2.24) is 4.90 Å². The van der Waals surface area contributed by atoms with Gasteiger partial charge in [-0.05, 0) is 24.8 Å². The standard InChI is InChI=1S/C17H24N2O2/c1-2-13-3-5-14(6-4-13)16(20)7-8-17(21)19-11-9-15(18)10-12-19/h3-6,15H,2,7-12,18H2,1H3. The predicted octanol–water partition coefficient (Wildman–Crippen LogP) is 2.16. The Labute approximate surface area is 126 Å². The summed E-state index contributed by atoms with van der Waals surface area (Å²) in [6.07, 6.45) is 3.26. The molecule has 4 nitrogen and oxygen atoms in total. The fraction of sp³-hybridized carbons (Fsp3) is 0.529. The van der Waals surface area contributed by atoms with E-state index in [4.69, 9.17) is 5.73 Å². The highest BCUT2D eigenvalue weighted by Crippen LogP contribution is 2.13. The third kappa shape index (κ3) is 4.39. The zero-order valence-corrected chi connectivity index (χ0v) is 12.7. The molecule has 0 unspecified atom stereocenters. The van der Waals surface area contributed by atoms with Crippen LogP contribution in [0.15, 0.2) is 24.3 Å². The molecule has 1 fully saturated rings. The van der Waals surface area contributed by atoms with Gasteiger partial charge in [-0.1, -0.05) is 31.2 Å². The first kappa shape index (κ1) is 15.7. The third-order valence-corrected chi connectivity index (χ3v) is 4.14. The summed E-state index contributed by atoms with van der Waals surface area (Å²) in [6.45, 7) is 3.53. The van der Waals surface area contributed by atoms with E-state index >= 15 is 0 Å². The number of amides is 1. The van der Waals surface area contributed by atoms with Crippen LogP contribution in [0, 0.1) is 0 Å². The highest BCUT2D eigenvalue weighted by atomic mass is 16.2. The highest BCUT2D eigenvalue weighted by molar-refractivity contribution is 5.97. The van der Waals surface area contributed by atoms with Gasteiger partial charge in [-0.2, -0.15) is 0 Å². The zero-order chi connectivity index (χ0) is 15.2. The van der Waals surface area contributed by atoms with E-state index in [2.05, 4.69) is 6.92 Å². The van der Waals surface area contributed by atoms with Crippen LogP contribution in [-0.2, 0) is 11.2 Å². The van der Waals surface area contributed by atoms with Crippen LogP contribution in [0.25, 0.3) is 0 Å². The van der Waals surface area contributed by atoms with E-state index in [9.17, 15) is 9.59 Å². The van der Waals surface area contributed by atoms with Crippen molar-refractivity contribution in [3.63, 3.8) is 0 Å². The van der Waals surface area contributed by atoms with E-state index in [0.717, 1.165) is 32.4 Å². The van der Waals surface area contributed by atoms with Crippen LogP contribution in [0.1, 0.15) is 48.5 Å². The van der Waals surface area contributed by atoms with Gasteiger partial charge in [-0.3, -0.25) is 9.59 Å². The maximum atomic E-state index is 12.1. The molecular formula is C17H24N2O2. The summed E-state index contributed by atoms with van der Waals surface area (Å²) in [6, 6.07) is 7.87. The Bertz CT molecular complexity index is 488. The summed E-state index contributed by atoms with van der Waals surface area (Å²) in [5.74, 6) is 0.111. The zero-order valence-electron chi connectivity index (χ0n) is 12.7. The number of rotatable bonds is 5. The molecule has 1 heterocycles. The molecule has 1 aromatic rings. The average Bonchev–Trinajstić information content (AvgIpc) is 2.53. The number of piperidine rings is 1. The normalized spacial score (nSPS) is 16.0. The molecule has 0 aliphatic carbocycles. The van der Waals surface area contributed by atoms with E-state index in [1.54, 1.807) is 0 Å². The summed E-state index contributed by atoms with van der Waals surface area (Å²) in [7, 11) is 0. The van der Waals surface area contributed by atoms with Gasteiger partial charge < -0.3 is 10.6 Å². The smallest absolute Gasteiger partial charge is 0.223 e. The lowest BCUT2D eigenvalue weighted by Gasteiger charge is -2.30. The van der Waals surface area contributed by atoms with E-state index in [-0.39, 0.29) is 24.2 Å². The minimum Gasteiger partial charge on any atom is -0.343 e. The summed E-state index contributed by atoms with van der Waals surface area (Å²) in [4.78, 5) is 26.0. The Hall–Kier alpha value is -1.68. The Morgan fingerprint density at radius 3 is 2.33 bits per heavy atom. The Morgan fingerprint density at radius 1 is 1.14 bits per heavy atom. The van der Waals surface area contributed by atoms with Gasteiger partial charge in [0.2, 0.25) is 5.91 Å². The van der Waals surface area contributed by atoms with Crippen molar-refractivity contribution in [2.24, 2.45) is 5.73 Å². The molecule has 1 aliphatic rings. The number of nitrogens with zero attached hydrogens (tertiary/aromatic N) is 1. The number of carbonyl (C=O) groups excluding carboxylic acids is 2. The molecular weight excluding hydrogens is 264 g/mol. The maximum absolute atomic E-state index is 12.1. The molecule has 1 aromatic carbocycles. The Kier molecular flexibility index (Phi) is 5.51. The quantitative estimate of drug-likeness (QED) is 0.845. The van der Waals surface area contributed by atoms with Gasteiger partial charge in [0.25, 0.3) is 0 Å². The van der Waals surface area contributed by atoms with Crippen molar-refractivity contribution in [2.75, 3.05) is 13.1 Å². The molecule has 0 radical (unpaired) electrons. The number of benzene rings is 1. The molecule has 114 valence electrons. The first-order chi connectivity index (χ1) is 10.1. The predicted molar refractivity (Wildman–Crippen MR) is 83.2 cm³/mol. The summed E-state index contributed by atoms with van der Waals surface area (Å²) >= 11 is 0. The fourth-order valence-corrected chi connectivity index (χ4v) is 2.60. The van der Waals surface area contributed by atoms with Crippen LogP contribution in [0.4, 0.5) is 0 Å². The lowest BCUT2D eigenvalue weighted by Crippen LogP contribution is -2.42. The topological polar surface area (TPSA) is 63.4 Å². The molecule has 21 heavy (non-hydrogen) atoms. The van der Waals surface area contributed by atoms with Crippen molar-refractivity contribution in [3.05, 3.63) is 35.4 Å². The molecule has 0 atom stereocenters. The van der Waals surface area contributed by atoms with Crippen molar-refractivity contribution >= 4 is 11.7 Å². The summed E-state index contributed by atoms with van der Waals surface area (Å²) in [5, 5.41) is 0. The number of ketones is 1.